The van der Waals surface area contributed by atoms with E-state index in [0.29, 0.717) is 6.42 Å². The Morgan fingerprint density at radius 1 is 1.42 bits per heavy atom. The van der Waals surface area contributed by atoms with E-state index < -0.39 is 0 Å². The minimum atomic E-state index is 0.374. The highest BCUT2D eigenvalue weighted by Gasteiger charge is 2.04. The second-order valence-corrected chi connectivity index (χ2v) is 3.25. The second kappa shape index (κ2) is 3.97. The van der Waals surface area contributed by atoms with E-state index in [1.54, 1.807) is 12.2 Å². The van der Waals surface area contributed by atoms with Gasteiger partial charge in [-0.3, -0.25) is 0 Å². The Balaban J connectivity index is 3.03. The van der Waals surface area contributed by atoms with Gasteiger partial charge in [0.05, 0.1) is 17.0 Å². The van der Waals surface area contributed by atoms with Crippen LogP contribution in [0.1, 0.15) is 15.6 Å². The topological polar surface area (TPSA) is 30.0 Å². The van der Waals surface area contributed by atoms with E-state index >= 15 is 0 Å². The fourth-order valence-electron chi connectivity index (χ4n) is 0.843. The van der Waals surface area contributed by atoms with Gasteiger partial charge in [0.15, 0.2) is 0 Å². The van der Waals surface area contributed by atoms with E-state index in [1.165, 1.54) is 11.3 Å². The summed E-state index contributed by atoms with van der Waals surface area (Å²) >= 11 is 1.48. The van der Waals surface area contributed by atoms with Gasteiger partial charge in [0.25, 0.3) is 0 Å². The number of nitrogens with zero attached hydrogens (tertiary/aromatic N) is 1. The van der Waals surface area contributed by atoms with Crippen LogP contribution in [0.25, 0.3) is 12.2 Å². The van der Waals surface area contributed by atoms with Crippen molar-refractivity contribution in [2.24, 2.45) is 0 Å². The van der Waals surface area contributed by atoms with Gasteiger partial charge in [-0.2, -0.15) is 0 Å². The van der Waals surface area contributed by atoms with Gasteiger partial charge in [-0.25, -0.2) is 4.98 Å². The predicted octanol–water partition coefficient (Wildman–Crippen LogP) is 2.17. The molecule has 0 atom stereocenters. The van der Waals surface area contributed by atoms with Crippen molar-refractivity contribution < 1.29 is 4.79 Å². The van der Waals surface area contributed by atoms with E-state index in [4.69, 9.17) is 0 Å². The lowest BCUT2D eigenvalue weighted by Gasteiger charge is -1.83. The molecule has 0 spiro atoms. The third kappa shape index (κ3) is 1.68. The molecule has 62 valence electrons. The molecule has 1 heterocycles. The number of aldehydes is 1. The molecule has 0 aliphatic heterocycles. The zero-order chi connectivity index (χ0) is 8.97. The molecule has 1 rings (SSSR count). The quantitative estimate of drug-likeness (QED) is 0.663. The van der Waals surface area contributed by atoms with Crippen molar-refractivity contribution in [3.8, 4) is 0 Å². The summed E-state index contributed by atoms with van der Waals surface area (Å²) in [6, 6.07) is 0. The van der Waals surface area contributed by atoms with Gasteiger partial charge < -0.3 is 4.79 Å². The molecule has 0 unspecified atom stereocenters. The number of carbonyl (C=O) groups excluding carboxylic acids is 1. The molecule has 0 aliphatic rings. The molecule has 0 fully saturated rings. The van der Waals surface area contributed by atoms with Crippen LogP contribution in [0.2, 0.25) is 0 Å². The lowest BCUT2D eigenvalue weighted by molar-refractivity contribution is -0.107. The summed E-state index contributed by atoms with van der Waals surface area (Å²) < 4.78 is 0. The molecule has 0 saturated heterocycles. The Morgan fingerprint density at radius 3 is 2.58 bits per heavy atom. The zero-order valence-electron chi connectivity index (χ0n) is 6.62. The minimum Gasteiger partial charge on any atom is -0.303 e. The first-order valence-electron chi connectivity index (χ1n) is 3.50. The molecule has 0 aliphatic carbocycles. The summed E-state index contributed by atoms with van der Waals surface area (Å²) in [5.41, 5.74) is 0.812. The highest BCUT2D eigenvalue weighted by molar-refractivity contribution is 7.12. The first-order chi connectivity index (χ1) is 5.81. The fourth-order valence-corrected chi connectivity index (χ4v) is 1.71. The van der Waals surface area contributed by atoms with E-state index in [-0.39, 0.29) is 0 Å². The maximum atomic E-state index is 10.2. The molecule has 12 heavy (non-hydrogen) atoms. The average Bonchev–Trinajstić information content (AvgIpc) is 2.48. The third-order valence-corrected chi connectivity index (χ3v) is 2.45. The van der Waals surface area contributed by atoms with Crippen LogP contribution in [-0.2, 0) is 11.2 Å². The van der Waals surface area contributed by atoms with Crippen LogP contribution in [0.5, 0.6) is 0 Å². The molecule has 1 aromatic rings. The molecule has 0 bridgehead atoms. The van der Waals surface area contributed by atoms with Crippen LogP contribution in [0.15, 0.2) is 13.2 Å². The van der Waals surface area contributed by atoms with E-state index in [9.17, 15) is 4.79 Å². The maximum Gasteiger partial charge on any atom is 0.126 e. The van der Waals surface area contributed by atoms with Gasteiger partial charge in [-0.1, -0.05) is 13.2 Å². The summed E-state index contributed by atoms with van der Waals surface area (Å²) in [6.45, 7) is 7.27. The third-order valence-electron chi connectivity index (χ3n) is 1.36. The second-order valence-electron chi connectivity index (χ2n) is 2.14. The van der Waals surface area contributed by atoms with Crippen molar-refractivity contribution >= 4 is 29.8 Å². The van der Waals surface area contributed by atoms with Crippen molar-refractivity contribution in [1.29, 1.82) is 0 Å². The Kier molecular flexibility index (Phi) is 2.94. The lowest BCUT2D eigenvalue weighted by atomic mass is 10.3. The first kappa shape index (κ1) is 8.87. The molecule has 0 saturated carbocycles. The highest BCUT2D eigenvalue weighted by atomic mass is 32.1. The number of thiazole rings is 1. The highest BCUT2D eigenvalue weighted by Crippen LogP contribution is 2.20. The average molecular weight is 179 g/mol. The van der Waals surface area contributed by atoms with Gasteiger partial charge in [0.2, 0.25) is 0 Å². The molecule has 0 aromatic carbocycles. The number of hydrogen-bond acceptors (Lipinski definition) is 3. The van der Waals surface area contributed by atoms with E-state index in [0.717, 1.165) is 21.9 Å². The fraction of sp³-hybridized carbons (Fsp3) is 0.111. The molecule has 0 radical (unpaired) electrons. The van der Waals surface area contributed by atoms with Crippen LogP contribution in [0, 0.1) is 0 Å². The number of rotatable bonds is 4. The van der Waals surface area contributed by atoms with Crippen LogP contribution in [0.4, 0.5) is 0 Å². The summed E-state index contributed by atoms with van der Waals surface area (Å²) in [5, 5.41) is 0.815. The van der Waals surface area contributed by atoms with Crippen molar-refractivity contribution in [2.45, 2.75) is 6.42 Å². The summed E-state index contributed by atoms with van der Waals surface area (Å²) in [4.78, 5) is 15.3. The van der Waals surface area contributed by atoms with Gasteiger partial charge in [-0.05, 0) is 12.2 Å². The number of aromatic nitrogens is 1. The van der Waals surface area contributed by atoms with Gasteiger partial charge in [-0.15, -0.1) is 11.3 Å². The number of carbonyl (C=O) groups is 1. The smallest absolute Gasteiger partial charge is 0.126 e. The molecule has 1 aromatic heterocycles. The summed E-state index contributed by atoms with van der Waals surface area (Å²) in [5.74, 6) is 0. The monoisotopic (exact) mass is 179 g/mol. The van der Waals surface area contributed by atoms with E-state index in [2.05, 4.69) is 18.1 Å². The Bertz CT molecular complexity index is 289. The Morgan fingerprint density at radius 2 is 2.17 bits per heavy atom. The predicted molar refractivity (Wildman–Crippen MR) is 52.1 cm³/mol. The normalized spacial score (nSPS) is 9.33. The van der Waals surface area contributed by atoms with Crippen molar-refractivity contribution in [3.05, 3.63) is 28.7 Å². The molecule has 2 nitrogen and oxygen atoms in total. The van der Waals surface area contributed by atoms with Crippen molar-refractivity contribution in [1.82, 2.24) is 4.98 Å². The van der Waals surface area contributed by atoms with Crippen LogP contribution in [-0.4, -0.2) is 11.3 Å². The van der Waals surface area contributed by atoms with Gasteiger partial charge in [0, 0.05) is 0 Å². The summed E-state index contributed by atoms with van der Waals surface area (Å²) in [6.07, 6.45) is 4.61. The number of hydrogen-bond donors (Lipinski definition) is 0. The van der Waals surface area contributed by atoms with Crippen LogP contribution >= 0.6 is 11.3 Å². The Labute approximate surface area is 75.3 Å². The zero-order valence-corrected chi connectivity index (χ0v) is 7.43. The minimum absolute atomic E-state index is 0.374. The maximum absolute atomic E-state index is 10.2. The molecule has 0 N–H and O–H groups in total. The summed E-state index contributed by atoms with van der Waals surface area (Å²) in [7, 11) is 0. The largest absolute Gasteiger partial charge is 0.303 e. The van der Waals surface area contributed by atoms with Crippen molar-refractivity contribution in [2.75, 3.05) is 0 Å². The Hall–Kier alpha value is -1.22. The van der Waals surface area contributed by atoms with Gasteiger partial charge >= 0.3 is 0 Å². The SMILES string of the molecule is C=Cc1nc(CC=O)sc1C=C. The lowest BCUT2D eigenvalue weighted by Crippen LogP contribution is -1.83. The first-order valence-corrected chi connectivity index (χ1v) is 4.31. The molecule has 0 amide bonds. The molecular formula is C9H9NOS. The van der Waals surface area contributed by atoms with Crippen molar-refractivity contribution in [3.63, 3.8) is 0 Å². The van der Waals surface area contributed by atoms with E-state index in [1.807, 2.05) is 0 Å². The molecular weight excluding hydrogens is 170 g/mol. The van der Waals surface area contributed by atoms with Gasteiger partial charge in [0.1, 0.15) is 11.3 Å². The molecule has 3 heteroatoms. The van der Waals surface area contributed by atoms with Crippen LogP contribution in [0.3, 0.4) is 0 Å². The standard InChI is InChI=1S/C9H9NOS/c1-3-7-8(4-2)12-9(10-7)5-6-11/h3-4,6H,1-2,5H2. The van der Waals surface area contributed by atoms with Crippen LogP contribution < -0.4 is 0 Å².